The lowest BCUT2D eigenvalue weighted by molar-refractivity contribution is 0.0736. The summed E-state index contributed by atoms with van der Waals surface area (Å²) in [7, 11) is -3.01. The van der Waals surface area contributed by atoms with Gasteiger partial charge in [0.2, 0.25) is 5.95 Å². The van der Waals surface area contributed by atoms with Crippen molar-refractivity contribution < 1.29 is 22.2 Å². The average molecular weight is 604 g/mol. The van der Waals surface area contributed by atoms with Crippen LogP contribution in [0.4, 0.5) is 13.2 Å². The minimum absolute atomic E-state index is 0.0250. The SMILES string of the molecule is C=S(=O)(c1ccc(F)cc1)N(C1CC1)[C@H]1CCC2=Cc3c(cnn3-c3ccc(F)nc3)C[C@]2(C(=O)c2cc(F)ccn2)C1. The third kappa shape index (κ3) is 4.80. The molecule has 0 saturated heterocycles. The minimum Gasteiger partial charge on any atom is -0.291 e. The fourth-order valence-electron chi connectivity index (χ4n) is 6.65. The Morgan fingerprint density at radius 1 is 0.977 bits per heavy atom. The van der Waals surface area contributed by atoms with E-state index in [-0.39, 0.29) is 30.0 Å². The van der Waals surface area contributed by atoms with Crippen molar-refractivity contribution >= 4 is 27.4 Å². The van der Waals surface area contributed by atoms with Gasteiger partial charge in [0, 0.05) is 29.2 Å². The molecule has 3 heterocycles. The maximum absolute atomic E-state index is 14.4. The molecule has 3 aliphatic rings. The van der Waals surface area contributed by atoms with E-state index in [0.29, 0.717) is 29.8 Å². The Hall–Kier alpha value is -4.09. The highest BCUT2D eigenvalue weighted by atomic mass is 32.2. The predicted molar refractivity (Wildman–Crippen MR) is 156 cm³/mol. The lowest BCUT2D eigenvalue weighted by Crippen LogP contribution is -2.51. The molecule has 0 N–H and O–H groups in total. The van der Waals surface area contributed by atoms with E-state index >= 15 is 0 Å². The summed E-state index contributed by atoms with van der Waals surface area (Å²) in [4.78, 5) is 22.9. The van der Waals surface area contributed by atoms with Crippen LogP contribution in [0.5, 0.6) is 0 Å². The Balaban J connectivity index is 1.32. The second kappa shape index (κ2) is 10.3. The number of rotatable bonds is 7. The molecule has 220 valence electrons. The molecule has 4 aromatic rings. The standard InChI is InChI=1S/C32H28F3N5O2S/c1-43(42,27-9-3-22(33)4-10-27)40(24-6-7-24)25-5-2-21-14-29-20(18-38-39(29)26-8-11-30(35)37-19-26)16-32(21,17-25)31(41)28-15-23(34)12-13-36-28/h3-4,8-15,18-19,24-25H,1-2,5-7,16-17H2/t25-,32-,43?/m0/s1. The van der Waals surface area contributed by atoms with Crippen molar-refractivity contribution in [1.82, 2.24) is 24.1 Å². The highest BCUT2D eigenvalue weighted by Gasteiger charge is 2.53. The van der Waals surface area contributed by atoms with Crippen LogP contribution in [0.2, 0.25) is 0 Å². The summed E-state index contributed by atoms with van der Waals surface area (Å²) in [5.74, 6) is 2.26. The van der Waals surface area contributed by atoms with Gasteiger partial charge in [-0.15, -0.1) is 0 Å². The van der Waals surface area contributed by atoms with E-state index in [0.717, 1.165) is 35.7 Å². The zero-order valence-electron chi connectivity index (χ0n) is 23.1. The molecular formula is C32H28F3N5O2S. The second-order valence-electron chi connectivity index (χ2n) is 11.5. The third-order valence-corrected chi connectivity index (χ3v) is 11.1. The highest BCUT2D eigenvalue weighted by molar-refractivity contribution is 7.98. The van der Waals surface area contributed by atoms with Crippen molar-refractivity contribution in [3.8, 4) is 5.69 Å². The molecule has 2 fully saturated rings. The molecule has 1 aromatic carbocycles. The number of carbonyl (C=O) groups is 1. The normalized spacial score (nSPS) is 22.8. The molecule has 11 heteroatoms. The number of hydrogen-bond acceptors (Lipinski definition) is 5. The number of hydrogen-bond donors (Lipinski definition) is 0. The van der Waals surface area contributed by atoms with Crippen molar-refractivity contribution in [3.05, 3.63) is 107 Å². The quantitative estimate of drug-likeness (QED) is 0.156. The molecule has 0 spiro atoms. The van der Waals surface area contributed by atoms with E-state index in [4.69, 9.17) is 0 Å². The van der Waals surface area contributed by atoms with Crippen LogP contribution in [0, 0.1) is 23.0 Å². The van der Waals surface area contributed by atoms with Gasteiger partial charge in [0.25, 0.3) is 0 Å². The first-order valence-electron chi connectivity index (χ1n) is 14.1. The lowest BCUT2D eigenvalue weighted by Gasteiger charge is -2.47. The van der Waals surface area contributed by atoms with Crippen LogP contribution < -0.4 is 0 Å². The first-order valence-corrected chi connectivity index (χ1v) is 15.8. The zero-order chi connectivity index (χ0) is 29.9. The van der Waals surface area contributed by atoms with Gasteiger partial charge < -0.3 is 0 Å². The predicted octanol–water partition coefficient (Wildman–Crippen LogP) is 5.60. The smallest absolute Gasteiger partial charge is 0.212 e. The topological polar surface area (TPSA) is 81.0 Å². The second-order valence-corrected chi connectivity index (χ2v) is 13.7. The molecule has 3 aliphatic carbocycles. The molecule has 7 rings (SSSR count). The number of fused-ring (bicyclic) bond motifs is 2. The molecule has 0 radical (unpaired) electrons. The van der Waals surface area contributed by atoms with Gasteiger partial charge in [0.05, 0.1) is 38.9 Å². The van der Waals surface area contributed by atoms with E-state index < -0.39 is 32.7 Å². The molecule has 3 atom stereocenters. The van der Waals surface area contributed by atoms with Crippen molar-refractivity contribution in [3.63, 3.8) is 0 Å². The van der Waals surface area contributed by atoms with Gasteiger partial charge in [0.1, 0.15) is 17.3 Å². The largest absolute Gasteiger partial charge is 0.291 e. The van der Waals surface area contributed by atoms with E-state index in [1.165, 1.54) is 48.8 Å². The molecule has 2 saturated carbocycles. The van der Waals surface area contributed by atoms with E-state index in [1.54, 1.807) is 16.9 Å². The molecule has 43 heavy (non-hydrogen) atoms. The van der Waals surface area contributed by atoms with Crippen molar-refractivity contribution in [1.29, 1.82) is 0 Å². The van der Waals surface area contributed by atoms with E-state index in [2.05, 4.69) is 20.9 Å². The number of Topliss-reactive ketones (excluding diaryl/α,β-unsaturated/α-hetero) is 1. The summed E-state index contributed by atoms with van der Waals surface area (Å²) < 4.78 is 59.6. The Kier molecular flexibility index (Phi) is 6.62. The summed E-state index contributed by atoms with van der Waals surface area (Å²) in [5, 5.41) is 4.54. The molecule has 1 unspecified atom stereocenters. The molecule has 3 aromatic heterocycles. The first kappa shape index (κ1) is 27.7. The number of halogens is 3. The summed E-state index contributed by atoms with van der Waals surface area (Å²) in [6.07, 6.45) is 9.75. The van der Waals surface area contributed by atoms with Gasteiger partial charge in [-0.2, -0.15) is 9.49 Å². The van der Waals surface area contributed by atoms with Crippen molar-refractivity contribution in [2.24, 2.45) is 5.41 Å². The van der Waals surface area contributed by atoms with Gasteiger partial charge in [-0.3, -0.25) is 9.78 Å². The number of benzene rings is 1. The molecule has 0 amide bonds. The maximum Gasteiger partial charge on any atom is 0.212 e. The molecule has 0 bridgehead atoms. The van der Waals surface area contributed by atoms with Crippen LogP contribution in [-0.2, 0) is 16.1 Å². The number of allylic oxidation sites excluding steroid dienone is 1. The monoisotopic (exact) mass is 603 g/mol. The maximum atomic E-state index is 14.4. The molecule has 0 aliphatic heterocycles. The van der Waals surface area contributed by atoms with Gasteiger partial charge in [-0.25, -0.2) is 27.0 Å². The van der Waals surface area contributed by atoms with Crippen LogP contribution >= 0.6 is 0 Å². The summed E-state index contributed by atoms with van der Waals surface area (Å²) in [6, 6.07) is 10.5. The third-order valence-electron chi connectivity index (χ3n) is 8.77. The van der Waals surface area contributed by atoms with Gasteiger partial charge in [-0.1, -0.05) is 5.57 Å². The lowest BCUT2D eigenvalue weighted by atomic mass is 9.60. The fraction of sp³-hybridized carbons (Fsp3) is 0.281. The van der Waals surface area contributed by atoms with Crippen LogP contribution in [0.25, 0.3) is 11.8 Å². The Bertz CT molecular complexity index is 1870. The Morgan fingerprint density at radius 2 is 1.77 bits per heavy atom. The number of pyridine rings is 2. The Labute approximate surface area is 247 Å². The number of nitrogens with zero attached hydrogens (tertiary/aromatic N) is 5. The minimum atomic E-state index is -3.01. The number of aromatic nitrogens is 4. The average Bonchev–Trinajstić information content (AvgIpc) is 3.74. The summed E-state index contributed by atoms with van der Waals surface area (Å²) in [5.41, 5.74) is 1.94. The summed E-state index contributed by atoms with van der Waals surface area (Å²) >= 11 is 0. The highest BCUT2D eigenvalue weighted by Crippen LogP contribution is 2.52. The van der Waals surface area contributed by atoms with Crippen LogP contribution in [-0.4, -0.2) is 52.0 Å². The fourth-order valence-corrected chi connectivity index (χ4v) is 8.81. The summed E-state index contributed by atoms with van der Waals surface area (Å²) in [6.45, 7) is 0. The van der Waals surface area contributed by atoms with Crippen LogP contribution in [0.3, 0.4) is 0 Å². The van der Waals surface area contributed by atoms with E-state index in [1.807, 2.05) is 10.4 Å². The number of carbonyl (C=O) groups excluding carboxylic acids is 1. The van der Waals surface area contributed by atoms with Crippen LogP contribution in [0.1, 0.15) is 53.8 Å². The van der Waals surface area contributed by atoms with E-state index in [9.17, 15) is 22.2 Å². The Morgan fingerprint density at radius 3 is 2.47 bits per heavy atom. The first-order chi connectivity index (χ1) is 20.7. The molecular weight excluding hydrogens is 575 g/mol. The van der Waals surface area contributed by atoms with Gasteiger partial charge >= 0.3 is 0 Å². The van der Waals surface area contributed by atoms with Gasteiger partial charge in [-0.05, 0) is 98.5 Å². The number of ketones is 1. The zero-order valence-corrected chi connectivity index (χ0v) is 23.9. The van der Waals surface area contributed by atoms with Crippen molar-refractivity contribution in [2.75, 3.05) is 0 Å². The van der Waals surface area contributed by atoms with Crippen LogP contribution in [0.15, 0.2) is 77.6 Å². The van der Waals surface area contributed by atoms with Crippen molar-refractivity contribution in [2.45, 2.75) is 55.5 Å². The molecule has 7 nitrogen and oxygen atoms in total. The van der Waals surface area contributed by atoms with Gasteiger partial charge in [0.15, 0.2) is 5.78 Å².